The van der Waals surface area contributed by atoms with Crippen molar-refractivity contribution in [3.63, 3.8) is 0 Å². The van der Waals surface area contributed by atoms with E-state index in [-0.39, 0.29) is 17.1 Å². The summed E-state index contributed by atoms with van der Waals surface area (Å²) in [4.78, 5) is 40.3. The van der Waals surface area contributed by atoms with Gasteiger partial charge in [0.25, 0.3) is 15.7 Å². The van der Waals surface area contributed by atoms with Crippen molar-refractivity contribution in [2.45, 2.75) is 127 Å². The van der Waals surface area contributed by atoms with Crippen molar-refractivity contribution in [2.24, 2.45) is 0 Å². The molecule has 0 amide bonds. The highest BCUT2D eigenvalue weighted by molar-refractivity contribution is 7.86. The monoisotopic (exact) mass is 724 g/mol. The normalized spacial score (nSPS) is 26.1. The summed E-state index contributed by atoms with van der Waals surface area (Å²) >= 11 is 0. The van der Waals surface area contributed by atoms with Crippen molar-refractivity contribution in [3.8, 4) is 0 Å². The quantitative estimate of drug-likeness (QED) is 0.230. The molecular weight excluding hydrogens is 676 g/mol. The van der Waals surface area contributed by atoms with Gasteiger partial charge in [0.1, 0.15) is 17.8 Å². The first-order valence-corrected chi connectivity index (χ1v) is 18.5. The molecule has 0 N–H and O–H groups in total. The van der Waals surface area contributed by atoms with Gasteiger partial charge in [0.05, 0.1) is 24.7 Å². The first kappa shape index (κ1) is 38.1. The second-order valence-electron chi connectivity index (χ2n) is 13.7. The van der Waals surface area contributed by atoms with Gasteiger partial charge in [-0.25, -0.2) is 9.59 Å². The zero-order valence-electron chi connectivity index (χ0n) is 29.2. The molecule has 1 aromatic carbocycles. The van der Waals surface area contributed by atoms with Crippen molar-refractivity contribution < 1.29 is 50.6 Å². The van der Waals surface area contributed by atoms with E-state index in [2.05, 4.69) is 0 Å². The predicted molar refractivity (Wildman–Crippen MR) is 177 cm³/mol. The van der Waals surface area contributed by atoms with Crippen LogP contribution in [0.3, 0.4) is 0 Å². The third-order valence-electron chi connectivity index (χ3n) is 8.44. The van der Waals surface area contributed by atoms with E-state index in [1.165, 1.54) is 25.3 Å². The Labute approximate surface area is 291 Å². The molecule has 3 unspecified atom stereocenters. The van der Waals surface area contributed by atoms with E-state index in [0.29, 0.717) is 26.1 Å². The minimum Gasteiger partial charge on any atom is -0.429 e. The van der Waals surface area contributed by atoms with Crippen LogP contribution in [-0.2, 0) is 54.0 Å². The van der Waals surface area contributed by atoms with Crippen molar-refractivity contribution in [1.82, 2.24) is 9.13 Å². The van der Waals surface area contributed by atoms with Gasteiger partial charge in [0.15, 0.2) is 24.9 Å². The molecule has 3 aliphatic rings. The molecule has 50 heavy (non-hydrogen) atoms. The number of aromatic nitrogens is 2. The van der Waals surface area contributed by atoms with Crippen molar-refractivity contribution in [3.05, 3.63) is 62.4 Å². The Hall–Kier alpha value is -3.12. The SMILES string of the molecule is Cc1ccc(S(=O)(=O)OCCn2c(=O)c(C)cn(C3O[C@H](COC4CCCCO4)[C@@H](OC4CCCCO4)[C@@H]3OC(=O)OC(C)(C)C)c2=O)cc1. The summed E-state index contributed by atoms with van der Waals surface area (Å²) in [6.07, 6.45) is -0.307. The number of hydrogen-bond acceptors (Lipinski definition) is 13. The third-order valence-corrected chi connectivity index (χ3v) is 9.77. The highest BCUT2D eigenvalue weighted by Crippen LogP contribution is 2.36. The maximum absolute atomic E-state index is 14.0. The van der Waals surface area contributed by atoms with Gasteiger partial charge >= 0.3 is 11.8 Å². The Morgan fingerprint density at radius 3 is 2.22 bits per heavy atom. The van der Waals surface area contributed by atoms with Crippen LogP contribution in [-0.4, -0.2) is 86.6 Å². The van der Waals surface area contributed by atoms with E-state index in [0.717, 1.165) is 40.4 Å². The van der Waals surface area contributed by atoms with Gasteiger partial charge in [0, 0.05) is 25.0 Å². The van der Waals surface area contributed by atoms with Crippen LogP contribution in [0, 0.1) is 13.8 Å². The van der Waals surface area contributed by atoms with E-state index in [9.17, 15) is 22.8 Å². The summed E-state index contributed by atoms with van der Waals surface area (Å²) in [5.74, 6) is 0. The van der Waals surface area contributed by atoms with Crippen LogP contribution in [0.1, 0.15) is 76.7 Å². The van der Waals surface area contributed by atoms with Crippen LogP contribution in [0.4, 0.5) is 4.79 Å². The fourth-order valence-electron chi connectivity index (χ4n) is 5.93. The molecular formula is C34H48N2O13S. The molecule has 6 atom stereocenters. The van der Waals surface area contributed by atoms with Crippen LogP contribution < -0.4 is 11.2 Å². The van der Waals surface area contributed by atoms with E-state index < -0.39 is 83.4 Å². The zero-order chi connectivity index (χ0) is 36.1. The Balaban J connectivity index is 1.45. The average Bonchev–Trinajstić information content (AvgIpc) is 3.39. The summed E-state index contributed by atoms with van der Waals surface area (Å²) in [7, 11) is -4.16. The molecule has 0 radical (unpaired) electrons. The van der Waals surface area contributed by atoms with E-state index in [1.54, 1.807) is 32.9 Å². The van der Waals surface area contributed by atoms with Gasteiger partial charge in [0.2, 0.25) is 0 Å². The molecule has 15 nitrogen and oxygen atoms in total. The van der Waals surface area contributed by atoms with E-state index in [4.69, 9.17) is 37.3 Å². The van der Waals surface area contributed by atoms with Crippen LogP contribution in [0.2, 0.25) is 0 Å². The van der Waals surface area contributed by atoms with Crippen LogP contribution in [0.25, 0.3) is 0 Å². The van der Waals surface area contributed by atoms with Crippen LogP contribution >= 0.6 is 0 Å². The fourth-order valence-corrected chi connectivity index (χ4v) is 6.83. The Morgan fingerprint density at radius 2 is 1.60 bits per heavy atom. The number of rotatable bonds is 12. The molecule has 2 aromatic rings. The van der Waals surface area contributed by atoms with Gasteiger partial charge in [-0.3, -0.25) is 18.1 Å². The molecule has 5 rings (SSSR count). The van der Waals surface area contributed by atoms with Crippen molar-refractivity contribution >= 4 is 16.3 Å². The summed E-state index contributed by atoms with van der Waals surface area (Å²) in [6, 6.07) is 6.09. The standard InChI is InChI=1S/C34H48N2O13S/c1-22-12-14-24(15-13-22)50(40,41)45-19-16-35-30(37)23(2)20-36(32(35)38)31-29(48-33(39)49-34(3,4)5)28(47-27-11-7-9-18-43-27)25(46-31)21-44-26-10-6-8-17-42-26/h12-15,20,25-29,31H,6-11,16-19,21H2,1-5H3/t25-,26?,27?,28-,29+,31?/m1/s1. The molecule has 0 spiro atoms. The smallest absolute Gasteiger partial charge is 0.429 e. The first-order valence-electron chi connectivity index (χ1n) is 17.1. The summed E-state index contributed by atoms with van der Waals surface area (Å²) < 4.78 is 74.6. The Kier molecular flexibility index (Phi) is 12.6. The van der Waals surface area contributed by atoms with E-state index in [1.807, 2.05) is 6.92 Å². The molecule has 278 valence electrons. The lowest BCUT2D eigenvalue weighted by molar-refractivity contribution is -0.224. The largest absolute Gasteiger partial charge is 0.509 e. The van der Waals surface area contributed by atoms with Gasteiger partial charge in [-0.1, -0.05) is 17.7 Å². The highest BCUT2D eigenvalue weighted by Gasteiger charge is 2.51. The zero-order valence-corrected chi connectivity index (χ0v) is 30.1. The molecule has 3 aliphatic heterocycles. The second kappa shape index (κ2) is 16.5. The lowest BCUT2D eigenvalue weighted by atomic mass is 10.1. The number of nitrogens with zero attached hydrogens (tertiary/aromatic N) is 2. The average molecular weight is 725 g/mol. The fraction of sp³-hybridized carbons (Fsp3) is 0.676. The van der Waals surface area contributed by atoms with Gasteiger partial charge in [-0.15, -0.1) is 0 Å². The topological polar surface area (TPSA) is 169 Å². The molecule has 1 aromatic heterocycles. The molecule has 0 saturated carbocycles. The number of hydrogen-bond donors (Lipinski definition) is 0. The summed E-state index contributed by atoms with van der Waals surface area (Å²) in [6.45, 7) is 8.52. The maximum Gasteiger partial charge on any atom is 0.509 e. The molecule has 3 saturated heterocycles. The van der Waals surface area contributed by atoms with Crippen molar-refractivity contribution in [2.75, 3.05) is 26.4 Å². The maximum atomic E-state index is 14.0. The first-order chi connectivity index (χ1) is 23.7. The minimum absolute atomic E-state index is 0.0230. The Bertz CT molecular complexity index is 1670. The third kappa shape index (κ3) is 9.80. The molecule has 0 aliphatic carbocycles. The summed E-state index contributed by atoms with van der Waals surface area (Å²) in [5.41, 5.74) is -1.37. The number of benzene rings is 1. The number of carbonyl (C=O) groups is 1. The minimum atomic E-state index is -4.16. The van der Waals surface area contributed by atoms with Gasteiger partial charge in [-0.2, -0.15) is 8.42 Å². The number of aryl methyl sites for hydroxylation is 2. The molecule has 4 heterocycles. The lowest BCUT2D eigenvalue weighted by Gasteiger charge is -2.31. The molecule has 0 bridgehead atoms. The van der Waals surface area contributed by atoms with Gasteiger partial charge < -0.3 is 33.2 Å². The lowest BCUT2D eigenvalue weighted by Crippen LogP contribution is -2.47. The van der Waals surface area contributed by atoms with Crippen molar-refractivity contribution in [1.29, 1.82) is 0 Å². The summed E-state index contributed by atoms with van der Waals surface area (Å²) in [5, 5.41) is 0. The highest BCUT2D eigenvalue weighted by atomic mass is 32.2. The second-order valence-corrected chi connectivity index (χ2v) is 15.3. The van der Waals surface area contributed by atoms with Crippen LogP contribution in [0.15, 0.2) is 44.9 Å². The van der Waals surface area contributed by atoms with E-state index >= 15 is 0 Å². The molecule has 16 heteroatoms. The number of ether oxygens (including phenoxy) is 7. The van der Waals surface area contributed by atoms with Crippen LogP contribution in [0.5, 0.6) is 0 Å². The number of carbonyl (C=O) groups excluding carboxylic acids is 1. The molecule has 3 fully saturated rings. The predicted octanol–water partition coefficient (Wildman–Crippen LogP) is 3.71. The van der Waals surface area contributed by atoms with Gasteiger partial charge in [-0.05, 0) is 85.3 Å². The Morgan fingerprint density at radius 1 is 0.940 bits per heavy atom.